The minimum Gasteiger partial charge on any atom is -0.0853 e. The van der Waals surface area contributed by atoms with Crippen molar-refractivity contribution in [1.29, 1.82) is 0 Å². The van der Waals surface area contributed by atoms with Crippen molar-refractivity contribution in [1.82, 2.24) is 0 Å². The first-order chi connectivity index (χ1) is 9.14. The van der Waals surface area contributed by atoms with Crippen molar-refractivity contribution in [2.24, 2.45) is 0 Å². The summed E-state index contributed by atoms with van der Waals surface area (Å²) in [5, 5.41) is 0.0495. The van der Waals surface area contributed by atoms with E-state index in [0.29, 0.717) is 0 Å². The van der Waals surface area contributed by atoms with E-state index in [4.69, 9.17) is 7.85 Å². The van der Waals surface area contributed by atoms with Crippen LogP contribution in [0.5, 0.6) is 0 Å². The summed E-state index contributed by atoms with van der Waals surface area (Å²) < 4.78 is 0. The van der Waals surface area contributed by atoms with Crippen LogP contribution in [0.2, 0.25) is 5.31 Å². The molecule has 0 aromatic carbocycles. The number of hydrogen-bond acceptors (Lipinski definition) is 0. The minimum absolute atomic E-state index is 0.0495. The van der Waals surface area contributed by atoms with Gasteiger partial charge in [0.2, 0.25) is 0 Å². The van der Waals surface area contributed by atoms with Gasteiger partial charge in [0.05, 0.1) is 7.85 Å². The highest BCUT2D eigenvalue weighted by atomic mass is 14.2. The molecule has 1 fully saturated rings. The zero-order valence-corrected chi connectivity index (χ0v) is 13.3. The molecule has 1 aliphatic rings. The minimum atomic E-state index is 0.0495. The van der Waals surface area contributed by atoms with E-state index >= 15 is 0 Å². The molecule has 0 N–H and O–H groups in total. The average Bonchev–Trinajstić information content (AvgIpc) is 2.31. The third-order valence-electron chi connectivity index (χ3n) is 4.50. The predicted molar refractivity (Wildman–Crippen MR) is 87.9 cm³/mol. The topological polar surface area (TPSA) is 0 Å². The summed E-state index contributed by atoms with van der Waals surface area (Å²) in [5.41, 5.74) is 1.71. The molecule has 0 amide bonds. The normalized spacial score (nSPS) is 20.4. The van der Waals surface area contributed by atoms with Gasteiger partial charge in [-0.25, -0.2) is 0 Å². The number of allylic oxidation sites excluding steroid dienone is 2. The average molecular weight is 260 g/mol. The predicted octanol–water partition coefficient (Wildman–Crippen LogP) is 6.36. The molecule has 19 heavy (non-hydrogen) atoms. The molecule has 1 aliphatic carbocycles. The van der Waals surface area contributed by atoms with Crippen LogP contribution in [0.3, 0.4) is 0 Å². The first-order valence-electron chi connectivity index (χ1n) is 8.61. The van der Waals surface area contributed by atoms with Crippen molar-refractivity contribution in [2.75, 3.05) is 0 Å². The van der Waals surface area contributed by atoms with E-state index in [9.17, 15) is 0 Å². The summed E-state index contributed by atoms with van der Waals surface area (Å²) in [6, 6.07) is 0. The van der Waals surface area contributed by atoms with Crippen LogP contribution in [0, 0.1) is 0 Å². The van der Waals surface area contributed by atoms with Gasteiger partial charge < -0.3 is 0 Å². The van der Waals surface area contributed by atoms with E-state index in [1.54, 1.807) is 5.57 Å². The van der Waals surface area contributed by atoms with Gasteiger partial charge >= 0.3 is 0 Å². The molecule has 1 saturated carbocycles. The summed E-state index contributed by atoms with van der Waals surface area (Å²) in [7, 11) is 6.40. The molecule has 2 radical (unpaired) electrons. The Morgan fingerprint density at radius 1 is 1.00 bits per heavy atom. The first kappa shape index (κ1) is 16.9. The van der Waals surface area contributed by atoms with Gasteiger partial charge in [0.1, 0.15) is 0 Å². The van der Waals surface area contributed by atoms with Crippen LogP contribution >= 0.6 is 0 Å². The van der Waals surface area contributed by atoms with Crippen molar-refractivity contribution in [2.45, 2.75) is 103 Å². The Morgan fingerprint density at radius 2 is 1.63 bits per heavy atom. The molecule has 108 valence electrons. The molecule has 0 heterocycles. The Morgan fingerprint density at radius 3 is 2.26 bits per heavy atom. The molecule has 0 saturated heterocycles. The maximum absolute atomic E-state index is 6.40. The zero-order valence-electron chi connectivity index (χ0n) is 13.3. The molecule has 0 aromatic rings. The smallest absolute Gasteiger partial charge is 0.0742 e. The van der Waals surface area contributed by atoms with Crippen LogP contribution in [0.15, 0.2) is 11.6 Å². The van der Waals surface area contributed by atoms with Crippen molar-refractivity contribution in [3.63, 3.8) is 0 Å². The van der Waals surface area contributed by atoms with Crippen molar-refractivity contribution in [3.05, 3.63) is 11.6 Å². The van der Waals surface area contributed by atoms with Gasteiger partial charge in [-0.3, -0.25) is 0 Å². The second-order valence-electron chi connectivity index (χ2n) is 6.78. The fourth-order valence-corrected chi connectivity index (χ4v) is 3.07. The Hall–Kier alpha value is -0.195. The highest BCUT2D eigenvalue weighted by Crippen LogP contribution is 2.34. The summed E-state index contributed by atoms with van der Waals surface area (Å²) in [4.78, 5) is 0. The SMILES string of the molecule is [B]C(C)(CCC=C1CCCCCCC1)CCCCC. The lowest BCUT2D eigenvalue weighted by Crippen LogP contribution is -2.07. The molecular weight excluding hydrogens is 227 g/mol. The highest BCUT2D eigenvalue weighted by Gasteiger charge is 2.15. The van der Waals surface area contributed by atoms with Crippen molar-refractivity contribution >= 4 is 7.85 Å². The molecule has 1 unspecified atom stereocenters. The van der Waals surface area contributed by atoms with E-state index in [1.807, 2.05) is 0 Å². The third-order valence-corrected chi connectivity index (χ3v) is 4.50. The van der Waals surface area contributed by atoms with E-state index in [2.05, 4.69) is 19.9 Å². The fraction of sp³-hybridized carbons (Fsp3) is 0.889. The van der Waals surface area contributed by atoms with Gasteiger partial charge in [-0.1, -0.05) is 82.2 Å². The second kappa shape index (κ2) is 9.67. The van der Waals surface area contributed by atoms with Gasteiger partial charge in [0.15, 0.2) is 0 Å². The van der Waals surface area contributed by atoms with Gasteiger partial charge in [-0.2, -0.15) is 0 Å². The van der Waals surface area contributed by atoms with Gasteiger partial charge in [0, 0.05) is 0 Å². The van der Waals surface area contributed by atoms with Crippen LogP contribution in [-0.4, -0.2) is 7.85 Å². The molecule has 0 nitrogen and oxygen atoms in total. The monoisotopic (exact) mass is 260 g/mol. The highest BCUT2D eigenvalue weighted by molar-refractivity contribution is 6.14. The van der Waals surface area contributed by atoms with Gasteiger partial charge in [0.25, 0.3) is 0 Å². The summed E-state index contributed by atoms with van der Waals surface area (Å²) in [6.07, 6.45) is 19.8. The Labute approximate surface area is 122 Å². The summed E-state index contributed by atoms with van der Waals surface area (Å²) in [5.74, 6) is 0. The van der Waals surface area contributed by atoms with Crippen molar-refractivity contribution in [3.8, 4) is 0 Å². The molecule has 0 aromatic heterocycles. The van der Waals surface area contributed by atoms with Gasteiger partial charge in [-0.15, -0.1) is 0 Å². The number of unbranched alkanes of at least 4 members (excludes halogenated alkanes) is 2. The van der Waals surface area contributed by atoms with E-state index in [1.165, 1.54) is 77.0 Å². The van der Waals surface area contributed by atoms with Crippen LogP contribution in [0.4, 0.5) is 0 Å². The molecule has 0 aliphatic heterocycles. The van der Waals surface area contributed by atoms with Crippen LogP contribution in [0.1, 0.15) is 97.3 Å². The maximum atomic E-state index is 6.40. The maximum Gasteiger partial charge on any atom is 0.0742 e. The largest absolute Gasteiger partial charge is 0.0853 e. The molecule has 1 atom stereocenters. The van der Waals surface area contributed by atoms with E-state index in [-0.39, 0.29) is 5.31 Å². The molecular formula is C18H33B. The van der Waals surface area contributed by atoms with Crippen LogP contribution < -0.4 is 0 Å². The Kier molecular flexibility index (Phi) is 8.58. The molecule has 0 spiro atoms. The molecule has 1 heteroatoms. The first-order valence-corrected chi connectivity index (χ1v) is 8.61. The van der Waals surface area contributed by atoms with E-state index in [0.717, 1.165) is 6.42 Å². The number of hydrogen-bond donors (Lipinski definition) is 0. The molecule has 1 rings (SSSR count). The van der Waals surface area contributed by atoms with E-state index < -0.39 is 0 Å². The fourth-order valence-electron chi connectivity index (χ4n) is 3.07. The van der Waals surface area contributed by atoms with Gasteiger partial charge in [-0.05, 0) is 32.1 Å². The standard InChI is InChI=1S/C18H33B/c1-3-4-10-15-18(2,19)16-11-14-17-12-8-6-5-7-9-13-17/h14H,3-13,15-16H2,1-2H3. The summed E-state index contributed by atoms with van der Waals surface area (Å²) >= 11 is 0. The lowest BCUT2D eigenvalue weighted by Gasteiger charge is -2.24. The molecule has 0 bridgehead atoms. The Bertz CT molecular complexity index is 242. The quantitative estimate of drug-likeness (QED) is 0.283. The second-order valence-corrected chi connectivity index (χ2v) is 6.78. The summed E-state index contributed by atoms with van der Waals surface area (Å²) in [6.45, 7) is 4.49. The lowest BCUT2D eigenvalue weighted by atomic mass is 9.64. The lowest BCUT2D eigenvalue weighted by molar-refractivity contribution is 0.487. The Balaban J connectivity index is 2.25. The zero-order chi connectivity index (χ0) is 14.0. The van der Waals surface area contributed by atoms with Crippen molar-refractivity contribution < 1.29 is 0 Å². The number of rotatable bonds is 7. The van der Waals surface area contributed by atoms with Crippen LogP contribution in [0.25, 0.3) is 0 Å². The third kappa shape index (κ3) is 8.55. The van der Waals surface area contributed by atoms with Crippen LogP contribution in [-0.2, 0) is 0 Å².